The van der Waals surface area contributed by atoms with Gasteiger partial charge >= 0.3 is 0 Å². The first-order valence-corrected chi connectivity index (χ1v) is 8.43. The third-order valence-corrected chi connectivity index (χ3v) is 4.89. The molecule has 1 unspecified atom stereocenters. The summed E-state index contributed by atoms with van der Waals surface area (Å²) in [5.41, 5.74) is 2.11. The fraction of sp³-hybridized carbons (Fsp3) is 0.200. The van der Waals surface area contributed by atoms with E-state index in [1.807, 2.05) is 12.1 Å². The molecule has 2 aromatic rings. The molecule has 0 heterocycles. The van der Waals surface area contributed by atoms with Crippen molar-refractivity contribution in [3.63, 3.8) is 0 Å². The van der Waals surface area contributed by atoms with Gasteiger partial charge in [0.2, 0.25) is 0 Å². The second-order valence-corrected chi connectivity index (χ2v) is 7.18. The number of ether oxygens (including phenoxy) is 1. The molecule has 0 amide bonds. The highest BCUT2D eigenvalue weighted by molar-refractivity contribution is 9.10. The van der Waals surface area contributed by atoms with Crippen LogP contribution in [0.2, 0.25) is 0 Å². The summed E-state index contributed by atoms with van der Waals surface area (Å²) in [6, 6.07) is 11.3. The number of hydrogen-bond acceptors (Lipinski definition) is 1. The lowest BCUT2D eigenvalue weighted by atomic mass is 10.0. The second-order valence-electron chi connectivity index (χ2n) is 4.31. The molecule has 106 valence electrons. The number of halogens is 4. The van der Waals surface area contributed by atoms with Crippen molar-refractivity contribution < 1.29 is 9.13 Å². The second kappa shape index (κ2) is 7.05. The molecule has 2 aromatic carbocycles. The molecule has 0 aromatic heterocycles. The van der Waals surface area contributed by atoms with Gasteiger partial charge in [0.05, 0.1) is 11.6 Å². The SMILES string of the molecule is COc1cc(F)c(Br)cc1C(Br)Cc1ccc(Br)cc1. The highest BCUT2D eigenvalue weighted by atomic mass is 79.9. The minimum Gasteiger partial charge on any atom is -0.496 e. The lowest BCUT2D eigenvalue weighted by Crippen LogP contribution is -2.00. The third-order valence-electron chi connectivity index (χ3n) is 2.94. The standard InChI is InChI=1S/C15H12Br3FO/c1-20-15-8-14(19)13(18)7-11(15)12(17)6-9-2-4-10(16)5-3-9/h2-5,7-8,12H,6H2,1H3. The van der Waals surface area contributed by atoms with Crippen molar-refractivity contribution in [1.82, 2.24) is 0 Å². The molecule has 0 saturated heterocycles. The zero-order valence-electron chi connectivity index (χ0n) is 10.7. The summed E-state index contributed by atoms with van der Waals surface area (Å²) in [6.45, 7) is 0. The van der Waals surface area contributed by atoms with Gasteiger partial charge in [-0.2, -0.15) is 0 Å². The minimum atomic E-state index is -0.325. The smallest absolute Gasteiger partial charge is 0.141 e. The summed E-state index contributed by atoms with van der Waals surface area (Å²) in [5, 5.41) is 0. The Morgan fingerprint density at radius 2 is 1.80 bits per heavy atom. The first kappa shape index (κ1) is 16.0. The van der Waals surface area contributed by atoms with Crippen molar-refractivity contribution in [2.45, 2.75) is 11.2 Å². The third kappa shape index (κ3) is 3.83. The topological polar surface area (TPSA) is 9.23 Å². The fourth-order valence-electron chi connectivity index (χ4n) is 1.90. The molecule has 0 radical (unpaired) electrons. The zero-order chi connectivity index (χ0) is 14.7. The van der Waals surface area contributed by atoms with Gasteiger partial charge in [0.15, 0.2) is 0 Å². The maximum atomic E-state index is 13.5. The Morgan fingerprint density at radius 1 is 1.15 bits per heavy atom. The highest BCUT2D eigenvalue weighted by Crippen LogP contribution is 2.37. The molecule has 0 spiro atoms. The number of hydrogen-bond donors (Lipinski definition) is 0. The van der Waals surface area contributed by atoms with Crippen LogP contribution in [0.1, 0.15) is 16.0 Å². The van der Waals surface area contributed by atoms with Crippen LogP contribution in [0.25, 0.3) is 0 Å². The molecule has 0 saturated carbocycles. The van der Waals surface area contributed by atoms with Gasteiger partial charge in [-0.15, -0.1) is 0 Å². The van der Waals surface area contributed by atoms with Crippen molar-refractivity contribution in [2.75, 3.05) is 7.11 Å². The molecule has 20 heavy (non-hydrogen) atoms. The first-order chi connectivity index (χ1) is 9.51. The summed E-state index contributed by atoms with van der Waals surface area (Å²) in [7, 11) is 1.55. The molecular weight excluding hydrogens is 455 g/mol. The first-order valence-electron chi connectivity index (χ1n) is 5.92. The lowest BCUT2D eigenvalue weighted by molar-refractivity contribution is 0.405. The Kier molecular flexibility index (Phi) is 5.64. The summed E-state index contributed by atoms with van der Waals surface area (Å²) < 4.78 is 20.3. The number of alkyl halides is 1. The normalized spacial score (nSPS) is 12.2. The van der Waals surface area contributed by atoms with Gasteiger partial charge in [0.25, 0.3) is 0 Å². The Labute approximate surface area is 142 Å². The van der Waals surface area contributed by atoms with Crippen LogP contribution in [0.15, 0.2) is 45.3 Å². The van der Waals surface area contributed by atoms with Crippen molar-refractivity contribution in [2.24, 2.45) is 0 Å². The van der Waals surface area contributed by atoms with Crippen molar-refractivity contribution in [3.05, 3.63) is 62.3 Å². The van der Waals surface area contributed by atoms with E-state index in [9.17, 15) is 4.39 Å². The Hall–Kier alpha value is -0.390. The van der Waals surface area contributed by atoms with Gasteiger partial charge in [-0.3, -0.25) is 0 Å². The number of methoxy groups -OCH3 is 1. The van der Waals surface area contributed by atoms with Crippen LogP contribution in [0.4, 0.5) is 4.39 Å². The lowest BCUT2D eigenvalue weighted by Gasteiger charge is -2.15. The van der Waals surface area contributed by atoms with E-state index in [2.05, 4.69) is 59.9 Å². The van der Waals surface area contributed by atoms with E-state index >= 15 is 0 Å². The van der Waals surface area contributed by atoms with Crippen LogP contribution < -0.4 is 4.74 Å². The van der Waals surface area contributed by atoms with E-state index in [0.717, 1.165) is 16.5 Å². The largest absolute Gasteiger partial charge is 0.496 e. The van der Waals surface area contributed by atoms with Crippen molar-refractivity contribution in [1.29, 1.82) is 0 Å². The highest BCUT2D eigenvalue weighted by Gasteiger charge is 2.16. The average molecular weight is 467 g/mol. The van der Waals surface area contributed by atoms with Gasteiger partial charge in [-0.1, -0.05) is 44.0 Å². The van der Waals surface area contributed by atoms with Crippen LogP contribution in [0, 0.1) is 5.82 Å². The van der Waals surface area contributed by atoms with Crippen molar-refractivity contribution in [3.8, 4) is 5.75 Å². The molecule has 0 N–H and O–H groups in total. The number of benzene rings is 2. The number of rotatable bonds is 4. The molecule has 1 atom stereocenters. The molecule has 5 heteroatoms. The van der Waals surface area contributed by atoms with E-state index in [1.165, 1.54) is 11.6 Å². The van der Waals surface area contributed by atoms with Crippen LogP contribution in [-0.4, -0.2) is 7.11 Å². The maximum Gasteiger partial charge on any atom is 0.141 e. The van der Waals surface area contributed by atoms with E-state index in [0.29, 0.717) is 10.2 Å². The Morgan fingerprint density at radius 3 is 2.40 bits per heavy atom. The van der Waals surface area contributed by atoms with Crippen LogP contribution >= 0.6 is 47.8 Å². The average Bonchev–Trinajstić information content (AvgIpc) is 2.43. The van der Waals surface area contributed by atoms with Gasteiger partial charge in [-0.25, -0.2) is 4.39 Å². The Bertz CT molecular complexity index is 599. The molecule has 0 aliphatic rings. The minimum absolute atomic E-state index is 0.0514. The summed E-state index contributed by atoms with van der Waals surface area (Å²) in [5.74, 6) is 0.221. The van der Waals surface area contributed by atoms with E-state index in [1.54, 1.807) is 13.2 Å². The molecule has 0 fully saturated rings. The predicted octanol–water partition coefficient (Wildman–Crippen LogP) is 6.04. The van der Waals surface area contributed by atoms with Crippen molar-refractivity contribution >= 4 is 47.8 Å². The molecule has 1 nitrogen and oxygen atoms in total. The van der Waals surface area contributed by atoms with Gasteiger partial charge in [0.1, 0.15) is 11.6 Å². The zero-order valence-corrected chi connectivity index (χ0v) is 15.4. The predicted molar refractivity (Wildman–Crippen MR) is 90.2 cm³/mol. The van der Waals surface area contributed by atoms with Crippen LogP contribution in [0.3, 0.4) is 0 Å². The monoisotopic (exact) mass is 464 g/mol. The summed E-state index contributed by atoms with van der Waals surface area (Å²) in [4.78, 5) is 0.0514. The van der Waals surface area contributed by atoms with Crippen LogP contribution in [-0.2, 0) is 6.42 Å². The maximum absolute atomic E-state index is 13.5. The molecule has 2 rings (SSSR count). The molecule has 0 aliphatic carbocycles. The fourth-order valence-corrected chi connectivity index (χ4v) is 3.26. The molecule has 0 bridgehead atoms. The van der Waals surface area contributed by atoms with Gasteiger partial charge in [0, 0.05) is 20.9 Å². The van der Waals surface area contributed by atoms with E-state index in [-0.39, 0.29) is 10.6 Å². The van der Waals surface area contributed by atoms with Gasteiger partial charge in [-0.05, 0) is 46.1 Å². The quantitative estimate of drug-likeness (QED) is 0.499. The molecular formula is C15H12Br3FO. The molecule has 0 aliphatic heterocycles. The van der Waals surface area contributed by atoms with E-state index < -0.39 is 0 Å². The van der Waals surface area contributed by atoms with Crippen LogP contribution in [0.5, 0.6) is 5.75 Å². The Balaban J connectivity index is 2.26. The van der Waals surface area contributed by atoms with E-state index in [4.69, 9.17) is 4.74 Å². The summed E-state index contributed by atoms with van der Waals surface area (Å²) >= 11 is 10.3. The van der Waals surface area contributed by atoms with Gasteiger partial charge < -0.3 is 4.74 Å². The summed E-state index contributed by atoms with van der Waals surface area (Å²) in [6.07, 6.45) is 0.793.